The van der Waals surface area contributed by atoms with Crippen molar-refractivity contribution in [1.29, 1.82) is 0 Å². The fraction of sp³-hybridized carbons (Fsp3) is 0. The molecular formula is C8H11O7PS. The third kappa shape index (κ3) is 15.0. The molecule has 17 heavy (non-hydrogen) atoms. The van der Waals surface area contributed by atoms with E-state index in [-0.39, 0.29) is 0 Å². The molecule has 1 aromatic carbocycles. The molecule has 0 saturated carbocycles. The van der Waals surface area contributed by atoms with Crippen LogP contribution in [-0.2, 0) is 14.7 Å². The molecule has 7 nitrogen and oxygen atoms in total. The average molecular weight is 282 g/mol. The van der Waals surface area contributed by atoms with Crippen molar-refractivity contribution in [1.82, 2.24) is 0 Å². The Balaban J connectivity index is 0.000000437. The SMILES string of the molecule is O=P(O)(O)O.O=S(=O)(O)C=Cc1ccccc1. The van der Waals surface area contributed by atoms with E-state index >= 15 is 0 Å². The zero-order valence-corrected chi connectivity index (χ0v) is 10.1. The Hall–Kier alpha value is -1.02. The van der Waals surface area contributed by atoms with Crippen LogP contribution in [0.1, 0.15) is 5.56 Å². The quantitative estimate of drug-likeness (QED) is 0.461. The lowest BCUT2D eigenvalue weighted by Gasteiger charge is -1.89. The van der Waals surface area contributed by atoms with E-state index < -0.39 is 17.9 Å². The molecule has 0 heterocycles. The number of hydrogen-bond acceptors (Lipinski definition) is 3. The van der Waals surface area contributed by atoms with Crippen LogP contribution in [0.5, 0.6) is 0 Å². The van der Waals surface area contributed by atoms with E-state index in [9.17, 15) is 8.42 Å². The van der Waals surface area contributed by atoms with E-state index in [1.807, 2.05) is 6.07 Å². The van der Waals surface area contributed by atoms with Gasteiger partial charge in [0.25, 0.3) is 10.1 Å². The molecule has 1 rings (SSSR count). The predicted octanol–water partition coefficient (Wildman–Crippen LogP) is 0.617. The van der Waals surface area contributed by atoms with Gasteiger partial charge >= 0.3 is 7.82 Å². The van der Waals surface area contributed by atoms with E-state index in [4.69, 9.17) is 23.8 Å². The van der Waals surface area contributed by atoms with Crippen LogP contribution < -0.4 is 0 Å². The molecule has 4 N–H and O–H groups in total. The standard InChI is InChI=1S/C8H8O3S.H3O4P/c9-12(10,11)7-6-8-4-2-1-3-5-8;1-5(2,3)4/h1-7H,(H,9,10,11);(H3,1,2,3,4). The van der Waals surface area contributed by atoms with E-state index in [2.05, 4.69) is 0 Å². The molecule has 96 valence electrons. The van der Waals surface area contributed by atoms with E-state index in [0.717, 1.165) is 11.0 Å². The molecule has 1 aromatic rings. The maximum absolute atomic E-state index is 10.3. The van der Waals surface area contributed by atoms with Crippen molar-refractivity contribution in [3.8, 4) is 0 Å². The molecule has 0 fully saturated rings. The normalized spacial score (nSPS) is 12.0. The first-order chi connectivity index (χ1) is 7.58. The summed E-state index contributed by atoms with van der Waals surface area (Å²) >= 11 is 0. The van der Waals surface area contributed by atoms with Crippen LogP contribution in [0.25, 0.3) is 6.08 Å². The second kappa shape index (κ2) is 6.65. The molecule has 0 aliphatic rings. The molecule has 9 heteroatoms. The monoisotopic (exact) mass is 282 g/mol. The highest BCUT2D eigenvalue weighted by atomic mass is 32.2. The molecule has 0 unspecified atom stereocenters. The van der Waals surface area contributed by atoms with Gasteiger partial charge < -0.3 is 14.7 Å². The molecule has 0 radical (unpaired) electrons. The zero-order chi connectivity index (χ0) is 13.5. The van der Waals surface area contributed by atoms with Crippen LogP contribution in [0.2, 0.25) is 0 Å². The minimum atomic E-state index is -4.64. The van der Waals surface area contributed by atoms with Gasteiger partial charge in [-0.05, 0) is 11.6 Å². The molecule has 0 saturated heterocycles. The van der Waals surface area contributed by atoms with Gasteiger partial charge in [-0.25, -0.2) is 4.57 Å². The highest BCUT2D eigenvalue weighted by Gasteiger charge is 2.00. The summed E-state index contributed by atoms with van der Waals surface area (Å²) < 4.78 is 37.8. The Kier molecular flexibility index (Phi) is 6.25. The van der Waals surface area contributed by atoms with Crippen molar-refractivity contribution in [3.63, 3.8) is 0 Å². The Bertz CT molecular complexity index is 494. The largest absolute Gasteiger partial charge is 0.466 e. The second-order valence-corrected chi connectivity index (χ2v) is 5.07. The molecule has 0 spiro atoms. The Labute approximate surface area is 98.0 Å². The smallest absolute Gasteiger partial charge is 0.303 e. The van der Waals surface area contributed by atoms with Gasteiger partial charge in [-0.3, -0.25) is 4.55 Å². The van der Waals surface area contributed by atoms with E-state index in [1.165, 1.54) is 6.08 Å². The minimum Gasteiger partial charge on any atom is -0.303 e. The van der Waals surface area contributed by atoms with Crippen LogP contribution in [0.15, 0.2) is 35.7 Å². The number of hydrogen-bond donors (Lipinski definition) is 4. The highest BCUT2D eigenvalue weighted by molar-refractivity contribution is 7.88. The fourth-order valence-corrected chi connectivity index (χ4v) is 1.06. The zero-order valence-electron chi connectivity index (χ0n) is 8.41. The molecule has 0 atom stereocenters. The van der Waals surface area contributed by atoms with E-state index in [0.29, 0.717) is 0 Å². The summed E-state index contributed by atoms with van der Waals surface area (Å²) in [5.41, 5.74) is 0.732. The number of rotatable bonds is 2. The summed E-state index contributed by atoms with van der Waals surface area (Å²) in [7, 11) is -8.64. The van der Waals surface area contributed by atoms with Crippen molar-refractivity contribution in [2.24, 2.45) is 0 Å². The lowest BCUT2D eigenvalue weighted by atomic mass is 10.2. The third-order valence-corrected chi connectivity index (χ3v) is 1.71. The lowest BCUT2D eigenvalue weighted by molar-refractivity contribution is 0.275. The summed E-state index contributed by atoms with van der Waals surface area (Å²) in [6.07, 6.45) is 1.33. The van der Waals surface area contributed by atoms with Gasteiger partial charge in [0.05, 0.1) is 5.41 Å². The summed E-state index contributed by atoms with van der Waals surface area (Å²) in [5.74, 6) is 0. The molecule has 0 amide bonds. The Morgan fingerprint density at radius 2 is 1.47 bits per heavy atom. The Morgan fingerprint density at radius 1 is 1.06 bits per heavy atom. The molecule has 0 bridgehead atoms. The highest BCUT2D eigenvalue weighted by Crippen LogP contribution is 2.25. The Morgan fingerprint density at radius 3 is 1.82 bits per heavy atom. The topological polar surface area (TPSA) is 132 Å². The average Bonchev–Trinajstić information content (AvgIpc) is 2.13. The van der Waals surface area contributed by atoms with Gasteiger partial charge in [-0.2, -0.15) is 8.42 Å². The minimum absolute atomic E-state index is 0.732. The summed E-state index contributed by atoms with van der Waals surface area (Å²) in [5, 5.41) is 0.752. The summed E-state index contributed by atoms with van der Waals surface area (Å²) in [6.45, 7) is 0. The molecular weight excluding hydrogens is 271 g/mol. The van der Waals surface area contributed by atoms with Crippen LogP contribution in [-0.4, -0.2) is 27.7 Å². The predicted molar refractivity (Wildman–Crippen MR) is 61.3 cm³/mol. The van der Waals surface area contributed by atoms with E-state index in [1.54, 1.807) is 24.3 Å². The van der Waals surface area contributed by atoms with Gasteiger partial charge in [0.2, 0.25) is 0 Å². The van der Waals surface area contributed by atoms with Gasteiger partial charge in [-0.15, -0.1) is 0 Å². The van der Waals surface area contributed by atoms with Crippen molar-refractivity contribution < 1.29 is 32.2 Å². The van der Waals surface area contributed by atoms with Crippen LogP contribution in [0, 0.1) is 0 Å². The first-order valence-electron chi connectivity index (χ1n) is 4.07. The maximum atomic E-state index is 10.3. The second-order valence-electron chi connectivity index (χ2n) is 2.74. The number of phosphoric acid groups is 1. The summed E-state index contributed by atoms with van der Waals surface area (Å²) in [4.78, 5) is 21.6. The molecule has 0 aromatic heterocycles. The maximum Gasteiger partial charge on any atom is 0.466 e. The first kappa shape index (κ1) is 16.0. The molecule has 0 aliphatic carbocycles. The fourth-order valence-electron chi connectivity index (χ4n) is 0.729. The lowest BCUT2D eigenvalue weighted by Crippen LogP contribution is -1.88. The summed E-state index contributed by atoms with van der Waals surface area (Å²) in [6, 6.07) is 8.86. The van der Waals surface area contributed by atoms with Gasteiger partial charge in [0.15, 0.2) is 0 Å². The van der Waals surface area contributed by atoms with Crippen molar-refractivity contribution in [3.05, 3.63) is 41.3 Å². The van der Waals surface area contributed by atoms with Crippen molar-refractivity contribution in [2.75, 3.05) is 0 Å². The van der Waals surface area contributed by atoms with Crippen LogP contribution in [0.3, 0.4) is 0 Å². The first-order valence-corrected chi connectivity index (χ1v) is 7.14. The molecule has 0 aliphatic heterocycles. The number of benzene rings is 1. The van der Waals surface area contributed by atoms with Gasteiger partial charge in [0.1, 0.15) is 0 Å². The third-order valence-electron chi connectivity index (χ3n) is 1.23. The van der Waals surface area contributed by atoms with Crippen LogP contribution >= 0.6 is 7.82 Å². The van der Waals surface area contributed by atoms with Crippen LogP contribution in [0.4, 0.5) is 0 Å². The van der Waals surface area contributed by atoms with Crippen molar-refractivity contribution >= 4 is 24.0 Å². The van der Waals surface area contributed by atoms with Gasteiger partial charge in [-0.1, -0.05) is 30.3 Å². The van der Waals surface area contributed by atoms with Gasteiger partial charge in [0, 0.05) is 0 Å². The van der Waals surface area contributed by atoms with Crippen molar-refractivity contribution in [2.45, 2.75) is 0 Å².